The predicted octanol–water partition coefficient (Wildman–Crippen LogP) is 4.33. The van der Waals surface area contributed by atoms with Crippen molar-refractivity contribution >= 4 is 27.5 Å². The third kappa shape index (κ3) is 8.84. The molecule has 3 aromatic carbocycles. The summed E-state index contributed by atoms with van der Waals surface area (Å²) >= 11 is 0. The molecule has 1 N–H and O–H groups in total. The number of amides is 2. The fraction of sp³-hybridized carbons (Fsp3) is 0.355. The molecule has 0 aliphatic rings. The standard InChI is InChI=1S/C31H39N3O5S/c1-5-6-19-32-31(36)29(20-25-11-8-7-9-12-25)33(22-26-17-15-24(2)16-18-26)30(35)23-34(40(4,37)38)27-13-10-14-28(21-27)39-3/h7-18,21,29H,5-6,19-20,22-23H2,1-4H3,(H,32,36)/t29-/m0/s1. The zero-order valence-corrected chi connectivity index (χ0v) is 24.5. The quantitative estimate of drug-likeness (QED) is 0.294. The van der Waals surface area contributed by atoms with Gasteiger partial charge in [0.25, 0.3) is 0 Å². The maximum absolute atomic E-state index is 14.1. The van der Waals surface area contributed by atoms with Gasteiger partial charge in [0.05, 0.1) is 19.1 Å². The molecular formula is C31H39N3O5S. The maximum atomic E-state index is 14.1. The Kier molecular flexibility index (Phi) is 11.1. The SMILES string of the molecule is CCCCNC(=O)[C@H](Cc1ccccc1)N(Cc1ccc(C)cc1)C(=O)CN(c1cccc(OC)c1)S(C)(=O)=O. The van der Waals surface area contributed by atoms with Crippen molar-refractivity contribution in [3.63, 3.8) is 0 Å². The number of carbonyl (C=O) groups is 2. The zero-order chi connectivity index (χ0) is 29.1. The minimum absolute atomic E-state index is 0.146. The Bertz CT molecular complexity index is 1360. The average molecular weight is 566 g/mol. The van der Waals surface area contributed by atoms with Gasteiger partial charge in [-0.2, -0.15) is 0 Å². The largest absolute Gasteiger partial charge is 0.497 e. The summed E-state index contributed by atoms with van der Waals surface area (Å²) in [4.78, 5) is 29.2. The number of ether oxygens (including phenoxy) is 1. The first-order valence-corrected chi connectivity index (χ1v) is 15.3. The van der Waals surface area contributed by atoms with E-state index in [9.17, 15) is 18.0 Å². The molecule has 9 heteroatoms. The van der Waals surface area contributed by atoms with Gasteiger partial charge in [0.2, 0.25) is 21.8 Å². The first-order valence-electron chi connectivity index (χ1n) is 13.4. The van der Waals surface area contributed by atoms with Crippen LogP contribution in [0.2, 0.25) is 0 Å². The molecule has 0 heterocycles. The molecule has 0 radical (unpaired) electrons. The molecular weight excluding hydrogens is 526 g/mol. The van der Waals surface area contributed by atoms with E-state index in [-0.39, 0.29) is 18.9 Å². The molecule has 0 fully saturated rings. The summed E-state index contributed by atoms with van der Waals surface area (Å²) in [5, 5.41) is 2.98. The van der Waals surface area contributed by atoms with Crippen molar-refractivity contribution < 1.29 is 22.7 Å². The highest BCUT2D eigenvalue weighted by Gasteiger charge is 2.33. The molecule has 40 heavy (non-hydrogen) atoms. The van der Waals surface area contributed by atoms with Crippen LogP contribution in [-0.2, 0) is 32.6 Å². The topological polar surface area (TPSA) is 96.0 Å². The number of unbranched alkanes of at least 4 members (excludes halogenated alkanes) is 1. The number of anilines is 1. The van der Waals surface area contributed by atoms with Crippen molar-refractivity contribution in [2.75, 3.05) is 30.8 Å². The summed E-state index contributed by atoms with van der Waals surface area (Å²) in [5.74, 6) is -0.294. The summed E-state index contributed by atoms with van der Waals surface area (Å²) in [6.07, 6.45) is 3.07. The zero-order valence-electron chi connectivity index (χ0n) is 23.7. The number of benzene rings is 3. The Morgan fingerprint density at radius 3 is 2.27 bits per heavy atom. The first-order chi connectivity index (χ1) is 19.1. The van der Waals surface area contributed by atoms with Gasteiger partial charge in [0, 0.05) is 25.6 Å². The van der Waals surface area contributed by atoms with Gasteiger partial charge in [-0.1, -0.05) is 79.6 Å². The molecule has 214 valence electrons. The van der Waals surface area contributed by atoms with Crippen LogP contribution in [0.4, 0.5) is 5.69 Å². The third-order valence-corrected chi connectivity index (χ3v) is 7.74. The third-order valence-electron chi connectivity index (χ3n) is 6.59. The van der Waals surface area contributed by atoms with E-state index >= 15 is 0 Å². The van der Waals surface area contributed by atoms with Crippen LogP contribution in [0.15, 0.2) is 78.9 Å². The van der Waals surface area contributed by atoms with Gasteiger partial charge in [-0.3, -0.25) is 13.9 Å². The van der Waals surface area contributed by atoms with E-state index in [2.05, 4.69) is 5.32 Å². The molecule has 8 nitrogen and oxygen atoms in total. The Morgan fingerprint density at radius 2 is 1.65 bits per heavy atom. The predicted molar refractivity (Wildman–Crippen MR) is 159 cm³/mol. The van der Waals surface area contributed by atoms with Crippen LogP contribution in [-0.4, -0.2) is 57.6 Å². The van der Waals surface area contributed by atoms with Crippen LogP contribution in [0.5, 0.6) is 5.75 Å². The Hall–Kier alpha value is -3.85. The van der Waals surface area contributed by atoms with Crippen LogP contribution in [0, 0.1) is 6.92 Å². The average Bonchev–Trinajstić information content (AvgIpc) is 2.94. The molecule has 0 unspecified atom stereocenters. The van der Waals surface area contributed by atoms with E-state index in [4.69, 9.17) is 4.74 Å². The molecule has 0 aliphatic carbocycles. The molecule has 0 saturated heterocycles. The number of aryl methyl sites for hydroxylation is 1. The van der Waals surface area contributed by atoms with Gasteiger partial charge in [-0.25, -0.2) is 8.42 Å². The second-order valence-electron chi connectivity index (χ2n) is 9.83. The van der Waals surface area contributed by atoms with Crippen LogP contribution in [0.25, 0.3) is 0 Å². The van der Waals surface area contributed by atoms with Crippen LogP contribution in [0.1, 0.15) is 36.5 Å². The summed E-state index contributed by atoms with van der Waals surface area (Å²) in [7, 11) is -2.35. The Balaban J connectivity index is 2.03. The summed E-state index contributed by atoms with van der Waals surface area (Å²) < 4.78 is 32.1. The summed E-state index contributed by atoms with van der Waals surface area (Å²) in [6.45, 7) is 4.19. The highest BCUT2D eigenvalue weighted by Crippen LogP contribution is 2.24. The van der Waals surface area contributed by atoms with E-state index < -0.39 is 28.5 Å². The lowest BCUT2D eigenvalue weighted by Crippen LogP contribution is -2.53. The first kappa shape index (κ1) is 30.7. The van der Waals surface area contributed by atoms with E-state index in [0.717, 1.165) is 40.1 Å². The number of nitrogens with zero attached hydrogens (tertiary/aromatic N) is 2. The fourth-order valence-corrected chi connectivity index (χ4v) is 5.17. The van der Waals surface area contributed by atoms with Crippen molar-refractivity contribution in [2.24, 2.45) is 0 Å². The van der Waals surface area contributed by atoms with E-state index in [1.807, 2.05) is 68.4 Å². The molecule has 0 saturated carbocycles. The summed E-state index contributed by atoms with van der Waals surface area (Å²) in [5.41, 5.74) is 3.11. The van der Waals surface area contributed by atoms with Crippen LogP contribution in [0.3, 0.4) is 0 Å². The molecule has 0 aliphatic heterocycles. The fourth-order valence-electron chi connectivity index (χ4n) is 4.33. The number of rotatable bonds is 14. The van der Waals surface area contributed by atoms with Crippen molar-refractivity contribution in [3.8, 4) is 5.75 Å². The Labute approximate surface area is 238 Å². The lowest BCUT2D eigenvalue weighted by Gasteiger charge is -2.33. The monoisotopic (exact) mass is 565 g/mol. The molecule has 3 aromatic rings. The van der Waals surface area contributed by atoms with E-state index in [0.29, 0.717) is 18.0 Å². The van der Waals surface area contributed by atoms with Gasteiger partial charge in [0.1, 0.15) is 18.3 Å². The van der Waals surface area contributed by atoms with Crippen LogP contribution < -0.4 is 14.4 Å². The van der Waals surface area contributed by atoms with Gasteiger partial charge in [-0.15, -0.1) is 0 Å². The maximum Gasteiger partial charge on any atom is 0.244 e. The van der Waals surface area contributed by atoms with E-state index in [1.165, 1.54) is 12.0 Å². The van der Waals surface area contributed by atoms with Gasteiger partial charge < -0.3 is 15.0 Å². The van der Waals surface area contributed by atoms with Gasteiger partial charge in [0.15, 0.2) is 0 Å². The summed E-state index contributed by atoms with van der Waals surface area (Å²) in [6, 6.07) is 22.9. The molecule has 0 aromatic heterocycles. The highest BCUT2D eigenvalue weighted by molar-refractivity contribution is 7.92. The number of hydrogen-bond donors (Lipinski definition) is 1. The second-order valence-corrected chi connectivity index (χ2v) is 11.7. The number of hydrogen-bond acceptors (Lipinski definition) is 5. The van der Waals surface area contributed by atoms with Crippen molar-refractivity contribution in [3.05, 3.63) is 95.6 Å². The molecule has 1 atom stereocenters. The lowest BCUT2D eigenvalue weighted by atomic mass is 10.0. The van der Waals surface area contributed by atoms with Gasteiger partial charge >= 0.3 is 0 Å². The highest BCUT2D eigenvalue weighted by atomic mass is 32.2. The Morgan fingerprint density at radius 1 is 0.950 bits per heavy atom. The lowest BCUT2D eigenvalue weighted by molar-refractivity contribution is -0.140. The van der Waals surface area contributed by atoms with Crippen molar-refractivity contribution in [2.45, 2.75) is 45.7 Å². The van der Waals surface area contributed by atoms with Crippen molar-refractivity contribution in [1.29, 1.82) is 0 Å². The molecule has 2 amide bonds. The van der Waals surface area contributed by atoms with Crippen molar-refractivity contribution in [1.82, 2.24) is 10.2 Å². The molecule has 3 rings (SSSR count). The molecule has 0 bridgehead atoms. The van der Waals surface area contributed by atoms with E-state index in [1.54, 1.807) is 24.3 Å². The number of nitrogens with one attached hydrogen (secondary N) is 1. The minimum Gasteiger partial charge on any atom is -0.497 e. The molecule has 0 spiro atoms. The van der Waals surface area contributed by atoms with Gasteiger partial charge in [-0.05, 0) is 36.6 Å². The second kappa shape index (κ2) is 14.5. The number of sulfonamides is 1. The normalized spacial score (nSPS) is 11.9. The number of methoxy groups -OCH3 is 1. The number of carbonyl (C=O) groups excluding carboxylic acids is 2. The smallest absolute Gasteiger partial charge is 0.244 e. The van der Waals surface area contributed by atoms with Crippen LogP contribution >= 0.6 is 0 Å². The minimum atomic E-state index is -3.84.